The molecule has 0 radical (unpaired) electrons. The van der Waals surface area contributed by atoms with Crippen molar-refractivity contribution in [1.82, 2.24) is 0 Å². The molecule has 1 unspecified atom stereocenters. The number of ether oxygens (including phenoxy) is 1. The lowest BCUT2D eigenvalue weighted by atomic mass is 10.0. The van der Waals surface area contributed by atoms with Crippen LogP contribution in [0, 0.1) is 5.92 Å². The van der Waals surface area contributed by atoms with Gasteiger partial charge in [0.05, 0.1) is 6.61 Å². The number of fused-ring (bicyclic) bond motifs is 1. The van der Waals surface area contributed by atoms with Gasteiger partial charge in [-0.1, -0.05) is 33.1 Å². The maximum Gasteiger partial charge on any atom is 0.348 e. The van der Waals surface area contributed by atoms with Crippen LogP contribution in [0.1, 0.15) is 59.6 Å². The second kappa shape index (κ2) is 7.89. The molecule has 0 fully saturated rings. The Morgan fingerprint density at radius 1 is 1.45 bits per heavy atom. The van der Waals surface area contributed by atoms with Gasteiger partial charge in [-0.25, -0.2) is 4.79 Å². The fourth-order valence-electron chi connectivity index (χ4n) is 2.21. The number of carbonyl (C=O) groups is 1. The SMILES string of the molecule is CCCCC(CC)COC(=O)c1cc2c(s1)CSC=C2. The largest absolute Gasteiger partial charge is 0.461 e. The summed E-state index contributed by atoms with van der Waals surface area (Å²) in [6.07, 6.45) is 6.72. The molecule has 110 valence electrons. The first-order valence-corrected chi connectivity index (χ1v) is 9.19. The second-order valence-electron chi connectivity index (χ2n) is 5.12. The third kappa shape index (κ3) is 4.13. The molecule has 2 nitrogen and oxygen atoms in total. The Bertz CT molecular complexity index is 477. The molecule has 4 heteroatoms. The van der Waals surface area contributed by atoms with Crippen molar-refractivity contribution in [1.29, 1.82) is 0 Å². The molecule has 1 aromatic heterocycles. The Balaban J connectivity index is 1.88. The summed E-state index contributed by atoms with van der Waals surface area (Å²) < 4.78 is 5.50. The Morgan fingerprint density at radius 3 is 3.00 bits per heavy atom. The van der Waals surface area contributed by atoms with Gasteiger partial charge in [-0.15, -0.1) is 23.1 Å². The van der Waals surface area contributed by atoms with Crippen LogP contribution in [0.25, 0.3) is 6.08 Å². The van der Waals surface area contributed by atoms with Gasteiger partial charge in [0.1, 0.15) is 4.88 Å². The van der Waals surface area contributed by atoms with E-state index in [1.807, 2.05) is 6.07 Å². The Hall–Kier alpha value is -0.740. The number of thioether (sulfide) groups is 1. The van der Waals surface area contributed by atoms with Crippen LogP contribution in [0.5, 0.6) is 0 Å². The number of unbranched alkanes of at least 4 members (excludes halogenated alkanes) is 1. The molecule has 0 bridgehead atoms. The third-order valence-electron chi connectivity index (χ3n) is 3.59. The van der Waals surface area contributed by atoms with Crippen molar-refractivity contribution < 1.29 is 9.53 Å². The maximum atomic E-state index is 12.1. The molecule has 20 heavy (non-hydrogen) atoms. The van der Waals surface area contributed by atoms with Gasteiger partial charge >= 0.3 is 5.97 Å². The normalized spacial score (nSPS) is 14.9. The van der Waals surface area contributed by atoms with Crippen LogP contribution in [0.4, 0.5) is 0 Å². The summed E-state index contributed by atoms with van der Waals surface area (Å²) in [4.78, 5) is 14.1. The molecule has 1 aliphatic heterocycles. The fourth-order valence-corrected chi connectivity index (χ4v) is 4.14. The molecule has 1 aromatic rings. The van der Waals surface area contributed by atoms with Gasteiger partial charge in [0.2, 0.25) is 0 Å². The summed E-state index contributed by atoms with van der Waals surface area (Å²) in [5, 5.41) is 2.09. The first-order chi connectivity index (χ1) is 9.74. The first-order valence-electron chi connectivity index (χ1n) is 7.32. The van der Waals surface area contributed by atoms with Crippen LogP contribution in [-0.4, -0.2) is 12.6 Å². The zero-order chi connectivity index (χ0) is 14.4. The zero-order valence-electron chi connectivity index (χ0n) is 12.2. The van der Waals surface area contributed by atoms with Gasteiger partial charge in [-0.3, -0.25) is 0 Å². The molecule has 1 atom stereocenters. The summed E-state index contributed by atoms with van der Waals surface area (Å²) in [7, 11) is 0. The zero-order valence-corrected chi connectivity index (χ0v) is 13.8. The van der Waals surface area contributed by atoms with Gasteiger partial charge < -0.3 is 4.74 Å². The van der Waals surface area contributed by atoms with Crippen LogP contribution >= 0.6 is 23.1 Å². The van der Waals surface area contributed by atoms with E-state index in [9.17, 15) is 4.79 Å². The summed E-state index contributed by atoms with van der Waals surface area (Å²) in [5.41, 5.74) is 1.18. The fraction of sp³-hybridized carbons (Fsp3) is 0.562. The molecule has 0 saturated carbocycles. The lowest BCUT2D eigenvalue weighted by Crippen LogP contribution is -2.13. The summed E-state index contributed by atoms with van der Waals surface area (Å²) in [6, 6.07) is 1.96. The Kier molecular flexibility index (Phi) is 6.17. The number of carbonyl (C=O) groups excluding carboxylic acids is 1. The van der Waals surface area contributed by atoms with Crippen molar-refractivity contribution in [2.75, 3.05) is 6.61 Å². The molecule has 0 saturated heterocycles. The summed E-state index contributed by atoms with van der Waals surface area (Å²) in [6.45, 7) is 4.92. The highest BCUT2D eigenvalue weighted by Crippen LogP contribution is 2.32. The van der Waals surface area contributed by atoms with E-state index in [2.05, 4.69) is 25.3 Å². The van der Waals surface area contributed by atoms with E-state index in [0.29, 0.717) is 12.5 Å². The van der Waals surface area contributed by atoms with Gasteiger partial charge in [-0.05, 0) is 35.5 Å². The minimum atomic E-state index is -0.155. The second-order valence-corrected chi connectivity index (χ2v) is 7.15. The molecule has 2 rings (SSSR count). The Morgan fingerprint density at radius 2 is 2.30 bits per heavy atom. The van der Waals surface area contributed by atoms with Crippen molar-refractivity contribution >= 4 is 35.1 Å². The van der Waals surface area contributed by atoms with Gasteiger partial charge in [0.25, 0.3) is 0 Å². The molecule has 0 spiro atoms. The number of hydrogen-bond acceptors (Lipinski definition) is 4. The maximum absolute atomic E-state index is 12.1. The van der Waals surface area contributed by atoms with Crippen molar-refractivity contribution in [3.8, 4) is 0 Å². The van der Waals surface area contributed by atoms with E-state index in [1.165, 1.54) is 23.3 Å². The first kappa shape index (κ1) is 15.6. The van der Waals surface area contributed by atoms with Crippen molar-refractivity contribution in [3.63, 3.8) is 0 Å². The third-order valence-corrected chi connectivity index (χ3v) is 5.69. The van der Waals surface area contributed by atoms with E-state index >= 15 is 0 Å². The number of rotatable bonds is 7. The van der Waals surface area contributed by atoms with E-state index in [4.69, 9.17) is 4.74 Å². The average Bonchev–Trinajstić information content (AvgIpc) is 2.91. The number of esters is 1. The van der Waals surface area contributed by atoms with Gasteiger partial charge in [0.15, 0.2) is 0 Å². The number of hydrogen-bond donors (Lipinski definition) is 0. The van der Waals surface area contributed by atoms with Crippen LogP contribution in [0.3, 0.4) is 0 Å². The van der Waals surface area contributed by atoms with Crippen molar-refractivity contribution in [3.05, 3.63) is 26.8 Å². The molecule has 0 N–H and O–H groups in total. The van der Waals surface area contributed by atoms with Gasteiger partial charge in [0, 0.05) is 10.6 Å². The minimum absolute atomic E-state index is 0.155. The average molecular weight is 310 g/mol. The predicted molar refractivity (Wildman–Crippen MR) is 88.2 cm³/mol. The highest BCUT2D eigenvalue weighted by molar-refractivity contribution is 8.01. The molecular formula is C16H22O2S2. The highest BCUT2D eigenvalue weighted by atomic mass is 32.2. The molecule has 0 amide bonds. The van der Waals surface area contributed by atoms with Crippen molar-refractivity contribution in [2.24, 2.45) is 5.92 Å². The van der Waals surface area contributed by atoms with E-state index < -0.39 is 0 Å². The standard InChI is InChI=1S/C16H22O2S2/c1-3-5-6-12(4-2)10-18-16(17)14-9-13-7-8-19-11-15(13)20-14/h7-9,12H,3-6,10-11H2,1-2H3. The number of thiophene rings is 1. The topological polar surface area (TPSA) is 26.3 Å². The van der Waals surface area contributed by atoms with E-state index in [0.717, 1.165) is 23.5 Å². The molecular weight excluding hydrogens is 288 g/mol. The monoisotopic (exact) mass is 310 g/mol. The lowest BCUT2D eigenvalue weighted by Gasteiger charge is -2.14. The molecule has 1 aliphatic rings. The highest BCUT2D eigenvalue weighted by Gasteiger charge is 2.17. The van der Waals surface area contributed by atoms with E-state index in [-0.39, 0.29) is 5.97 Å². The smallest absolute Gasteiger partial charge is 0.348 e. The van der Waals surface area contributed by atoms with Gasteiger partial charge in [-0.2, -0.15) is 0 Å². The Labute approximate surface area is 129 Å². The van der Waals surface area contributed by atoms with Crippen LogP contribution in [0.2, 0.25) is 0 Å². The quantitative estimate of drug-likeness (QED) is 0.636. The molecule has 2 heterocycles. The van der Waals surface area contributed by atoms with Crippen molar-refractivity contribution in [2.45, 2.75) is 45.3 Å². The minimum Gasteiger partial charge on any atom is -0.461 e. The summed E-state index contributed by atoms with van der Waals surface area (Å²) in [5.74, 6) is 1.32. The lowest BCUT2D eigenvalue weighted by molar-refractivity contribution is 0.0434. The summed E-state index contributed by atoms with van der Waals surface area (Å²) >= 11 is 3.35. The van der Waals surface area contributed by atoms with E-state index in [1.54, 1.807) is 23.1 Å². The molecule has 0 aromatic carbocycles. The van der Waals surface area contributed by atoms with Crippen LogP contribution in [0.15, 0.2) is 11.5 Å². The predicted octanol–water partition coefficient (Wildman–Crippen LogP) is 5.34. The molecule has 0 aliphatic carbocycles. The van der Waals surface area contributed by atoms with Crippen LogP contribution < -0.4 is 0 Å². The van der Waals surface area contributed by atoms with Crippen LogP contribution in [-0.2, 0) is 10.5 Å².